The molecule has 0 radical (unpaired) electrons. The number of benzene rings is 2. The maximum atomic E-state index is 13.4. The molecule has 4 aromatic rings. The van der Waals surface area contributed by atoms with Gasteiger partial charge in [-0.15, -0.1) is 0 Å². The number of nitrogens with zero attached hydrogens (tertiary/aromatic N) is 2. The highest BCUT2D eigenvalue weighted by molar-refractivity contribution is 6.09. The summed E-state index contributed by atoms with van der Waals surface area (Å²) >= 11 is 0. The molecule has 4 rings (SSSR count). The van der Waals surface area contributed by atoms with Gasteiger partial charge in [-0.1, -0.05) is 18.2 Å². The molecule has 0 aliphatic heterocycles. The van der Waals surface area contributed by atoms with Gasteiger partial charge in [0.25, 0.3) is 11.8 Å². The molecule has 9 heteroatoms. The minimum atomic E-state index is -0.541. The van der Waals surface area contributed by atoms with E-state index < -0.39 is 5.91 Å². The van der Waals surface area contributed by atoms with E-state index in [1.807, 2.05) is 19.9 Å². The Bertz CT molecular complexity index is 1450. The van der Waals surface area contributed by atoms with E-state index in [2.05, 4.69) is 16.7 Å². The number of carbonyl (C=O) groups excluding carboxylic acids is 2. The van der Waals surface area contributed by atoms with Crippen LogP contribution in [0.4, 0.5) is 11.4 Å². The van der Waals surface area contributed by atoms with Gasteiger partial charge in [0.15, 0.2) is 0 Å². The molecule has 2 aromatic carbocycles. The SMILES string of the molecule is CCOc1cc(NC(=O)c2c(C)oc(-n3cccc3)c2C#N)c(OCC)cc1NC(=O)c1ccccc1. The predicted octanol–water partition coefficient (Wildman–Crippen LogP) is 5.55. The summed E-state index contributed by atoms with van der Waals surface area (Å²) in [5.41, 5.74) is 1.43. The Balaban J connectivity index is 1.69. The normalized spacial score (nSPS) is 10.4. The van der Waals surface area contributed by atoms with Gasteiger partial charge in [0.2, 0.25) is 5.88 Å². The third kappa shape index (κ3) is 5.33. The first kappa shape index (κ1) is 25.1. The topological polar surface area (TPSA) is 119 Å². The molecule has 188 valence electrons. The molecule has 0 saturated heterocycles. The van der Waals surface area contributed by atoms with Gasteiger partial charge >= 0.3 is 0 Å². The standard InChI is InChI=1S/C28H26N4O5/c1-4-35-23-16-22(24(36-5-2)15-21(23)30-26(33)19-11-7-6-8-12-19)31-27(34)25-18(3)37-28(20(25)17-29)32-13-9-10-14-32/h6-16H,4-5H2,1-3H3,(H,30,33)(H,31,34). The third-order valence-electron chi connectivity index (χ3n) is 5.46. The fraction of sp³-hybridized carbons (Fsp3) is 0.179. The highest BCUT2D eigenvalue weighted by atomic mass is 16.5. The lowest BCUT2D eigenvalue weighted by molar-refractivity contribution is 0.101. The number of aromatic nitrogens is 1. The zero-order chi connectivity index (χ0) is 26.4. The molecule has 0 spiro atoms. The van der Waals surface area contributed by atoms with Crippen LogP contribution >= 0.6 is 0 Å². The highest BCUT2D eigenvalue weighted by Gasteiger charge is 2.26. The first-order valence-electron chi connectivity index (χ1n) is 11.7. The summed E-state index contributed by atoms with van der Waals surface area (Å²) in [7, 11) is 0. The number of aryl methyl sites for hydroxylation is 1. The van der Waals surface area contributed by atoms with Crippen LogP contribution in [-0.2, 0) is 0 Å². The van der Waals surface area contributed by atoms with Crippen LogP contribution in [0.5, 0.6) is 11.5 Å². The number of amides is 2. The van der Waals surface area contributed by atoms with Crippen molar-refractivity contribution in [2.45, 2.75) is 20.8 Å². The molecule has 2 aromatic heterocycles. The zero-order valence-electron chi connectivity index (χ0n) is 20.7. The van der Waals surface area contributed by atoms with Gasteiger partial charge in [-0.3, -0.25) is 14.2 Å². The van der Waals surface area contributed by atoms with Gasteiger partial charge in [0.1, 0.15) is 34.5 Å². The number of carbonyl (C=O) groups is 2. The van der Waals surface area contributed by atoms with Gasteiger partial charge in [-0.25, -0.2) is 0 Å². The lowest BCUT2D eigenvalue weighted by atomic mass is 10.1. The van der Waals surface area contributed by atoms with E-state index in [9.17, 15) is 14.9 Å². The van der Waals surface area contributed by atoms with Crippen LogP contribution in [0.1, 0.15) is 45.9 Å². The van der Waals surface area contributed by atoms with Gasteiger partial charge in [0, 0.05) is 30.1 Å². The molecular weight excluding hydrogens is 472 g/mol. The van der Waals surface area contributed by atoms with Crippen molar-refractivity contribution in [2.24, 2.45) is 0 Å². The Hall–Kier alpha value is -4.97. The van der Waals surface area contributed by atoms with E-state index in [1.165, 1.54) is 0 Å². The number of nitrogens with one attached hydrogen (secondary N) is 2. The van der Waals surface area contributed by atoms with Crippen molar-refractivity contribution < 1.29 is 23.5 Å². The van der Waals surface area contributed by atoms with Crippen LogP contribution in [-0.4, -0.2) is 29.6 Å². The molecule has 2 N–H and O–H groups in total. The summed E-state index contributed by atoms with van der Waals surface area (Å²) in [6.45, 7) is 5.89. The molecule has 0 saturated carbocycles. The number of furan rings is 1. The van der Waals surface area contributed by atoms with Gasteiger partial charge in [-0.05, 0) is 45.0 Å². The zero-order valence-corrected chi connectivity index (χ0v) is 20.7. The molecule has 37 heavy (non-hydrogen) atoms. The molecule has 2 amide bonds. The van der Waals surface area contributed by atoms with Gasteiger partial charge in [-0.2, -0.15) is 5.26 Å². The molecule has 0 aliphatic carbocycles. The second-order valence-corrected chi connectivity index (χ2v) is 7.90. The van der Waals surface area contributed by atoms with Crippen LogP contribution in [0, 0.1) is 18.3 Å². The minimum Gasteiger partial charge on any atom is -0.492 e. The number of hydrogen-bond acceptors (Lipinski definition) is 6. The monoisotopic (exact) mass is 498 g/mol. The molecular formula is C28H26N4O5. The molecule has 0 fully saturated rings. The summed E-state index contributed by atoms with van der Waals surface area (Å²) in [5.74, 6) is 0.379. The average Bonchev–Trinajstić information content (AvgIpc) is 3.54. The summed E-state index contributed by atoms with van der Waals surface area (Å²) in [6, 6.07) is 17.6. The van der Waals surface area contributed by atoms with Crippen LogP contribution < -0.4 is 20.1 Å². The number of nitriles is 1. The van der Waals surface area contributed by atoms with Crippen LogP contribution in [0.2, 0.25) is 0 Å². The van der Waals surface area contributed by atoms with Gasteiger partial charge < -0.3 is 24.5 Å². The Morgan fingerprint density at radius 3 is 2.03 bits per heavy atom. The largest absolute Gasteiger partial charge is 0.492 e. The molecule has 0 atom stereocenters. The Morgan fingerprint density at radius 2 is 1.49 bits per heavy atom. The Kier molecular flexibility index (Phi) is 7.59. The minimum absolute atomic E-state index is 0.112. The van der Waals surface area contributed by atoms with Crippen molar-refractivity contribution in [1.29, 1.82) is 5.26 Å². The predicted molar refractivity (Wildman–Crippen MR) is 139 cm³/mol. The van der Waals surface area contributed by atoms with Crippen molar-refractivity contribution in [3.8, 4) is 23.5 Å². The lowest BCUT2D eigenvalue weighted by Crippen LogP contribution is -2.16. The van der Waals surface area contributed by atoms with Crippen LogP contribution in [0.25, 0.3) is 5.88 Å². The van der Waals surface area contributed by atoms with E-state index in [0.29, 0.717) is 47.4 Å². The van der Waals surface area contributed by atoms with Crippen molar-refractivity contribution in [1.82, 2.24) is 4.57 Å². The summed E-state index contributed by atoms with van der Waals surface area (Å²) in [5, 5.41) is 15.5. The van der Waals surface area contributed by atoms with Crippen molar-refractivity contribution in [3.63, 3.8) is 0 Å². The number of hydrogen-bond donors (Lipinski definition) is 2. The molecule has 0 bridgehead atoms. The van der Waals surface area contributed by atoms with Crippen molar-refractivity contribution >= 4 is 23.2 Å². The van der Waals surface area contributed by atoms with E-state index in [-0.39, 0.29) is 22.9 Å². The Morgan fingerprint density at radius 1 is 0.919 bits per heavy atom. The maximum absolute atomic E-state index is 13.4. The molecule has 0 unspecified atom stereocenters. The fourth-order valence-corrected chi connectivity index (χ4v) is 3.83. The van der Waals surface area contributed by atoms with E-state index >= 15 is 0 Å². The van der Waals surface area contributed by atoms with E-state index in [1.54, 1.807) is 72.4 Å². The maximum Gasteiger partial charge on any atom is 0.260 e. The lowest BCUT2D eigenvalue weighted by Gasteiger charge is -2.18. The van der Waals surface area contributed by atoms with Crippen molar-refractivity contribution in [3.05, 3.63) is 89.4 Å². The Labute approximate surface area is 214 Å². The summed E-state index contributed by atoms with van der Waals surface area (Å²) < 4.78 is 18.9. The van der Waals surface area contributed by atoms with Gasteiger partial charge in [0.05, 0.1) is 24.6 Å². The average molecular weight is 499 g/mol. The first-order chi connectivity index (χ1) is 18.0. The number of anilines is 2. The van der Waals surface area contributed by atoms with Crippen LogP contribution in [0.3, 0.4) is 0 Å². The molecule has 9 nitrogen and oxygen atoms in total. The second kappa shape index (κ2) is 11.2. The van der Waals surface area contributed by atoms with E-state index in [4.69, 9.17) is 13.9 Å². The third-order valence-corrected chi connectivity index (χ3v) is 5.46. The smallest absolute Gasteiger partial charge is 0.260 e. The first-order valence-corrected chi connectivity index (χ1v) is 11.7. The quantitative estimate of drug-likeness (QED) is 0.312. The van der Waals surface area contributed by atoms with Crippen molar-refractivity contribution in [2.75, 3.05) is 23.8 Å². The number of rotatable bonds is 9. The fourth-order valence-electron chi connectivity index (χ4n) is 3.83. The highest BCUT2D eigenvalue weighted by Crippen LogP contribution is 2.38. The summed E-state index contributed by atoms with van der Waals surface area (Å²) in [4.78, 5) is 26.1. The molecule has 0 aliphatic rings. The summed E-state index contributed by atoms with van der Waals surface area (Å²) in [6.07, 6.45) is 3.45. The number of ether oxygens (including phenoxy) is 2. The van der Waals surface area contributed by atoms with Crippen LogP contribution in [0.15, 0.2) is 71.4 Å². The second-order valence-electron chi connectivity index (χ2n) is 7.90. The molecule has 2 heterocycles. The van der Waals surface area contributed by atoms with E-state index in [0.717, 1.165) is 0 Å².